The molecule has 1 fully saturated rings. The average Bonchev–Trinajstić information content (AvgIpc) is 3.28. The molecule has 2 aromatic heterocycles. The van der Waals surface area contributed by atoms with Crippen LogP contribution in [0, 0.1) is 0 Å². The van der Waals surface area contributed by atoms with Crippen LogP contribution in [-0.4, -0.2) is 59.5 Å². The van der Waals surface area contributed by atoms with E-state index in [1.807, 2.05) is 26.8 Å². The number of amides is 1. The molecule has 148 valence electrons. The largest absolute Gasteiger partial charge is 0.335 e. The molecule has 10 heteroatoms. The Bertz CT molecular complexity index is 928. The van der Waals surface area contributed by atoms with Crippen LogP contribution in [0.15, 0.2) is 26.2 Å². The molecule has 0 unspecified atom stereocenters. The Morgan fingerprint density at radius 2 is 1.93 bits per heavy atom. The van der Waals surface area contributed by atoms with Gasteiger partial charge < -0.3 is 4.90 Å². The Morgan fingerprint density at radius 1 is 1.26 bits per heavy atom. The van der Waals surface area contributed by atoms with E-state index in [0.29, 0.717) is 42.6 Å². The van der Waals surface area contributed by atoms with E-state index < -0.39 is 10.0 Å². The van der Waals surface area contributed by atoms with Gasteiger partial charge in [0, 0.05) is 32.7 Å². The van der Waals surface area contributed by atoms with Gasteiger partial charge in [0.15, 0.2) is 0 Å². The molecule has 0 spiro atoms. The van der Waals surface area contributed by atoms with Crippen molar-refractivity contribution in [2.75, 3.05) is 26.2 Å². The predicted molar refractivity (Wildman–Crippen MR) is 109 cm³/mol. The first kappa shape index (κ1) is 20.5. The van der Waals surface area contributed by atoms with E-state index in [9.17, 15) is 13.2 Å². The summed E-state index contributed by atoms with van der Waals surface area (Å²) in [6, 6.07) is 5.19. The summed E-state index contributed by atoms with van der Waals surface area (Å²) in [6.45, 7) is 7.99. The number of rotatable bonds is 5. The summed E-state index contributed by atoms with van der Waals surface area (Å²) in [5, 5.41) is 4.50. The Balaban J connectivity index is 1.71. The number of hydrogen-bond acceptors (Lipinski definition) is 5. The smallest absolute Gasteiger partial charge is 0.272 e. The van der Waals surface area contributed by atoms with Gasteiger partial charge in [-0.05, 0) is 47.0 Å². The number of piperazine rings is 1. The number of nitrogens with zero attached hydrogens (tertiary/aromatic N) is 4. The zero-order chi connectivity index (χ0) is 19.8. The minimum Gasteiger partial charge on any atom is -0.335 e. The van der Waals surface area contributed by atoms with Gasteiger partial charge in [-0.1, -0.05) is 13.8 Å². The summed E-state index contributed by atoms with van der Waals surface area (Å²) in [7, 11) is -3.51. The van der Waals surface area contributed by atoms with Crippen molar-refractivity contribution in [2.24, 2.45) is 0 Å². The van der Waals surface area contributed by atoms with Crippen molar-refractivity contribution in [3.8, 4) is 0 Å². The van der Waals surface area contributed by atoms with Crippen molar-refractivity contribution in [1.29, 1.82) is 0 Å². The number of aromatic nitrogens is 2. The maximum Gasteiger partial charge on any atom is 0.272 e. The van der Waals surface area contributed by atoms with E-state index >= 15 is 0 Å². The number of aryl methyl sites for hydroxylation is 1. The molecule has 0 N–H and O–H groups in total. The molecule has 3 heterocycles. The quantitative estimate of drug-likeness (QED) is 0.667. The lowest BCUT2D eigenvalue weighted by Crippen LogP contribution is -2.50. The molecular formula is C17H23BrN4O3S2. The van der Waals surface area contributed by atoms with Crippen LogP contribution in [0.4, 0.5) is 0 Å². The van der Waals surface area contributed by atoms with E-state index in [1.165, 1.54) is 15.6 Å². The maximum atomic E-state index is 12.9. The molecule has 0 aliphatic carbocycles. The first-order chi connectivity index (χ1) is 12.7. The highest BCUT2D eigenvalue weighted by molar-refractivity contribution is 9.11. The highest BCUT2D eigenvalue weighted by atomic mass is 79.9. The van der Waals surface area contributed by atoms with Gasteiger partial charge in [-0.25, -0.2) is 8.42 Å². The first-order valence-electron chi connectivity index (χ1n) is 8.86. The van der Waals surface area contributed by atoms with Gasteiger partial charge in [0.05, 0.1) is 9.48 Å². The summed E-state index contributed by atoms with van der Waals surface area (Å²) in [5.41, 5.74) is 1.46. The third kappa shape index (κ3) is 4.13. The second-order valence-electron chi connectivity index (χ2n) is 6.68. The zero-order valence-electron chi connectivity index (χ0n) is 15.6. The minimum atomic E-state index is -3.51. The third-order valence-corrected chi connectivity index (χ3v) is 8.57. The molecule has 1 aliphatic heterocycles. The van der Waals surface area contributed by atoms with Gasteiger partial charge >= 0.3 is 0 Å². The molecule has 0 aromatic carbocycles. The summed E-state index contributed by atoms with van der Waals surface area (Å²) in [5.74, 6) is 0.156. The van der Waals surface area contributed by atoms with E-state index in [1.54, 1.807) is 21.7 Å². The Labute approximate surface area is 172 Å². The van der Waals surface area contributed by atoms with Gasteiger partial charge in [0.1, 0.15) is 9.90 Å². The first-order valence-corrected chi connectivity index (χ1v) is 11.9. The van der Waals surface area contributed by atoms with Gasteiger partial charge in [0.2, 0.25) is 0 Å². The van der Waals surface area contributed by atoms with Gasteiger partial charge in [-0.15, -0.1) is 11.3 Å². The lowest BCUT2D eigenvalue weighted by molar-refractivity contribution is 0.0685. The second-order valence-corrected chi connectivity index (χ2v) is 11.3. The Morgan fingerprint density at radius 3 is 2.44 bits per heavy atom. The maximum absolute atomic E-state index is 12.9. The molecule has 0 bridgehead atoms. The fourth-order valence-corrected chi connectivity index (χ4v) is 6.58. The number of carbonyl (C=O) groups is 1. The molecule has 0 radical (unpaired) electrons. The standard InChI is InChI=1S/C17H23BrN4O3S2/c1-4-22-14(11-13(19-22)12(2)3)17(23)20-7-9-21(10-8-20)27(24,25)16-6-5-15(18)26-16/h5-6,11-12H,4,7-10H2,1-3H3. The van der Waals surface area contributed by atoms with Crippen LogP contribution in [0.5, 0.6) is 0 Å². The molecule has 1 aliphatic rings. The number of thiophene rings is 1. The van der Waals surface area contributed by atoms with Gasteiger partial charge in [-0.3, -0.25) is 9.48 Å². The Kier molecular flexibility index (Phi) is 6.09. The SMILES string of the molecule is CCn1nc(C(C)C)cc1C(=O)N1CCN(S(=O)(=O)c2ccc(Br)s2)CC1. The fraction of sp³-hybridized carbons (Fsp3) is 0.529. The number of halogens is 1. The van der Waals surface area contributed by atoms with Crippen molar-refractivity contribution in [3.05, 3.63) is 33.4 Å². The minimum absolute atomic E-state index is 0.0906. The number of hydrogen-bond donors (Lipinski definition) is 0. The fourth-order valence-electron chi connectivity index (χ4n) is 2.99. The van der Waals surface area contributed by atoms with E-state index in [-0.39, 0.29) is 11.8 Å². The molecule has 2 aromatic rings. The molecule has 0 atom stereocenters. The summed E-state index contributed by atoms with van der Waals surface area (Å²) < 4.78 is 29.7. The number of carbonyl (C=O) groups excluding carboxylic acids is 1. The lowest BCUT2D eigenvalue weighted by atomic mass is 10.1. The van der Waals surface area contributed by atoms with Crippen LogP contribution < -0.4 is 0 Å². The summed E-state index contributed by atoms with van der Waals surface area (Å²) in [4.78, 5) is 14.6. The predicted octanol–water partition coefficient (Wildman–Crippen LogP) is 3.00. The zero-order valence-corrected chi connectivity index (χ0v) is 18.8. The van der Waals surface area contributed by atoms with Gasteiger partial charge in [-0.2, -0.15) is 9.40 Å². The van der Waals surface area contributed by atoms with Crippen LogP contribution in [0.3, 0.4) is 0 Å². The van der Waals surface area contributed by atoms with Crippen LogP contribution in [0.25, 0.3) is 0 Å². The highest BCUT2D eigenvalue weighted by Gasteiger charge is 2.32. The second kappa shape index (κ2) is 8.02. The topological polar surface area (TPSA) is 75.5 Å². The summed E-state index contributed by atoms with van der Waals surface area (Å²) >= 11 is 4.50. The molecule has 1 amide bonds. The van der Waals surface area contributed by atoms with Crippen LogP contribution in [0.1, 0.15) is 42.9 Å². The van der Waals surface area contributed by atoms with Crippen molar-refractivity contribution < 1.29 is 13.2 Å². The highest BCUT2D eigenvalue weighted by Crippen LogP contribution is 2.29. The number of sulfonamides is 1. The van der Waals surface area contributed by atoms with E-state index in [0.717, 1.165) is 9.48 Å². The monoisotopic (exact) mass is 474 g/mol. The van der Waals surface area contributed by atoms with Crippen LogP contribution >= 0.6 is 27.3 Å². The van der Waals surface area contributed by atoms with Gasteiger partial charge in [0.25, 0.3) is 15.9 Å². The van der Waals surface area contributed by atoms with Crippen molar-refractivity contribution >= 4 is 43.2 Å². The molecule has 0 saturated carbocycles. The average molecular weight is 475 g/mol. The molecule has 3 rings (SSSR count). The summed E-state index contributed by atoms with van der Waals surface area (Å²) in [6.07, 6.45) is 0. The molecule has 7 nitrogen and oxygen atoms in total. The van der Waals surface area contributed by atoms with Crippen molar-refractivity contribution in [1.82, 2.24) is 19.0 Å². The van der Waals surface area contributed by atoms with E-state index in [2.05, 4.69) is 21.0 Å². The third-order valence-electron chi connectivity index (χ3n) is 4.58. The van der Waals surface area contributed by atoms with Crippen molar-refractivity contribution in [2.45, 2.75) is 37.4 Å². The van der Waals surface area contributed by atoms with Crippen LogP contribution in [0.2, 0.25) is 0 Å². The van der Waals surface area contributed by atoms with E-state index in [4.69, 9.17) is 0 Å². The molecular weight excluding hydrogens is 452 g/mol. The Hall–Kier alpha value is -1.23. The molecule has 1 saturated heterocycles. The normalized spacial score (nSPS) is 16.3. The lowest BCUT2D eigenvalue weighted by Gasteiger charge is -2.33. The van der Waals surface area contributed by atoms with Crippen LogP contribution in [-0.2, 0) is 16.6 Å². The molecule has 27 heavy (non-hydrogen) atoms. The van der Waals surface area contributed by atoms with Crippen molar-refractivity contribution in [3.63, 3.8) is 0 Å².